The summed E-state index contributed by atoms with van der Waals surface area (Å²) in [5, 5.41) is 3.29. The Morgan fingerprint density at radius 1 is 1.05 bits per heavy atom. The lowest BCUT2D eigenvalue weighted by Crippen LogP contribution is -2.12. The SMILES string of the molecule is CCC.CCCC1CCCC(C)C1.COC(=O)Cc1cc(N=C(C)Nc2ccc(OC(C)C)cc2)c(C)cc1C. The van der Waals surface area contributed by atoms with Crippen molar-refractivity contribution in [1.29, 1.82) is 0 Å². The van der Waals surface area contributed by atoms with Gasteiger partial charge in [-0.1, -0.05) is 72.3 Å². The zero-order valence-electron chi connectivity index (χ0n) is 27.0. The van der Waals surface area contributed by atoms with Gasteiger partial charge in [0.1, 0.15) is 11.6 Å². The van der Waals surface area contributed by atoms with Gasteiger partial charge in [0, 0.05) is 5.69 Å². The number of aliphatic imine (C=N–C) groups is 1. The fraction of sp³-hybridized carbons (Fsp3) is 0.600. The molecule has 2 aromatic rings. The van der Waals surface area contributed by atoms with Gasteiger partial charge in [-0.15, -0.1) is 0 Å². The molecule has 0 saturated heterocycles. The van der Waals surface area contributed by atoms with Crippen molar-refractivity contribution < 1.29 is 14.3 Å². The monoisotopic (exact) mass is 552 g/mol. The second-order valence-electron chi connectivity index (χ2n) is 11.5. The van der Waals surface area contributed by atoms with E-state index >= 15 is 0 Å². The van der Waals surface area contributed by atoms with Gasteiger partial charge in [0.25, 0.3) is 0 Å². The molecule has 5 heteroatoms. The Labute approximate surface area is 245 Å². The van der Waals surface area contributed by atoms with Gasteiger partial charge in [0.05, 0.1) is 25.3 Å². The minimum absolute atomic E-state index is 0.149. The van der Waals surface area contributed by atoms with Crippen LogP contribution < -0.4 is 10.1 Å². The summed E-state index contributed by atoms with van der Waals surface area (Å²) in [5.41, 5.74) is 4.82. The summed E-state index contributed by atoms with van der Waals surface area (Å²) in [4.78, 5) is 16.3. The van der Waals surface area contributed by atoms with Gasteiger partial charge in [0.15, 0.2) is 0 Å². The van der Waals surface area contributed by atoms with Crippen molar-refractivity contribution in [3.05, 3.63) is 53.1 Å². The summed E-state index contributed by atoms with van der Waals surface area (Å²) in [6.45, 7) is 18.9. The van der Waals surface area contributed by atoms with Gasteiger partial charge in [-0.25, -0.2) is 4.99 Å². The highest BCUT2D eigenvalue weighted by Gasteiger charge is 2.17. The Balaban J connectivity index is 0.000000508. The average molecular weight is 553 g/mol. The quantitative estimate of drug-likeness (QED) is 0.201. The zero-order valence-corrected chi connectivity index (χ0v) is 27.0. The summed E-state index contributed by atoms with van der Waals surface area (Å²) < 4.78 is 10.4. The van der Waals surface area contributed by atoms with Crippen LogP contribution in [0, 0.1) is 25.7 Å². The van der Waals surface area contributed by atoms with E-state index in [0.29, 0.717) is 0 Å². The van der Waals surface area contributed by atoms with Crippen molar-refractivity contribution in [1.82, 2.24) is 0 Å². The average Bonchev–Trinajstić information content (AvgIpc) is 2.89. The van der Waals surface area contributed by atoms with Crippen molar-refractivity contribution in [2.45, 2.75) is 120 Å². The highest BCUT2D eigenvalue weighted by Crippen LogP contribution is 2.31. The number of aryl methyl sites for hydroxylation is 2. The van der Waals surface area contributed by atoms with E-state index < -0.39 is 0 Å². The Hall–Kier alpha value is -2.82. The fourth-order valence-electron chi connectivity index (χ4n) is 4.96. The van der Waals surface area contributed by atoms with Gasteiger partial charge < -0.3 is 14.8 Å². The van der Waals surface area contributed by atoms with Crippen molar-refractivity contribution in [3.8, 4) is 5.75 Å². The molecule has 0 spiro atoms. The van der Waals surface area contributed by atoms with Gasteiger partial charge >= 0.3 is 5.97 Å². The third-order valence-electron chi connectivity index (χ3n) is 6.80. The maximum absolute atomic E-state index is 11.6. The molecule has 2 atom stereocenters. The van der Waals surface area contributed by atoms with E-state index in [2.05, 4.69) is 38.0 Å². The molecule has 2 unspecified atom stereocenters. The molecule has 0 amide bonds. The Bertz CT molecular complexity index is 1030. The molecule has 224 valence electrons. The van der Waals surface area contributed by atoms with E-state index in [4.69, 9.17) is 9.47 Å². The summed E-state index contributed by atoms with van der Waals surface area (Å²) in [6, 6.07) is 11.8. The minimum atomic E-state index is -0.254. The third-order valence-corrected chi connectivity index (χ3v) is 6.80. The Morgan fingerprint density at radius 3 is 2.25 bits per heavy atom. The number of ether oxygens (including phenoxy) is 2. The number of hydrogen-bond acceptors (Lipinski definition) is 4. The van der Waals surface area contributed by atoms with Crippen LogP contribution in [-0.2, 0) is 16.0 Å². The summed E-state index contributed by atoms with van der Waals surface area (Å²) in [5.74, 6) is 3.45. The molecule has 0 bridgehead atoms. The first-order valence-corrected chi connectivity index (χ1v) is 15.3. The number of nitrogens with zero attached hydrogens (tertiary/aromatic N) is 1. The van der Waals surface area contributed by atoms with Crippen molar-refractivity contribution >= 4 is 23.2 Å². The maximum Gasteiger partial charge on any atom is 0.309 e. The lowest BCUT2D eigenvalue weighted by atomic mass is 9.80. The molecule has 0 aromatic heterocycles. The first kappa shape index (κ1) is 35.2. The van der Waals surface area contributed by atoms with E-state index in [-0.39, 0.29) is 18.5 Å². The van der Waals surface area contributed by atoms with Crippen LogP contribution >= 0.6 is 0 Å². The number of hydrogen-bond donors (Lipinski definition) is 1. The molecule has 5 nitrogen and oxygen atoms in total. The van der Waals surface area contributed by atoms with Crippen molar-refractivity contribution in [2.24, 2.45) is 16.8 Å². The Morgan fingerprint density at radius 2 is 1.70 bits per heavy atom. The largest absolute Gasteiger partial charge is 0.491 e. The number of amidine groups is 1. The normalized spacial score (nSPS) is 16.7. The molecule has 0 radical (unpaired) electrons. The molecule has 0 aliphatic heterocycles. The lowest BCUT2D eigenvalue weighted by Gasteiger charge is -2.26. The molecular formula is C35H56N2O3. The first-order valence-electron chi connectivity index (χ1n) is 15.3. The van der Waals surface area contributed by atoms with E-state index in [1.807, 2.05) is 71.0 Å². The second-order valence-corrected chi connectivity index (χ2v) is 11.5. The molecule has 3 rings (SSSR count). The van der Waals surface area contributed by atoms with Crippen LogP contribution in [0.25, 0.3) is 0 Å². The molecule has 2 aromatic carbocycles. The number of carbonyl (C=O) groups is 1. The highest BCUT2D eigenvalue weighted by molar-refractivity contribution is 5.95. The van der Waals surface area contributed by atoms with Gasteiger partial charge in [-0.2, -0.15) is 0 Å². The highest BCUT2D eigenvalue weighted by atomic mass is 16.5. The van der Waals surface area contributed by atoms with Gasteiger partial charge in [-0.05, 0) is 99.9 Å². The topological polar surface area (TPSA) is 59.9 Å². The number of carbonyl (C=O) groups excluding carboxylic acids is 1. The zero-order chi connectivity index (χ0) is 30.1. The number of benzene rings is 2. The molecule has 1 N–H and O–H groups in total. The second kappa shape index (κ2) is 19.3. The van der Waals surface area contributed by atoms with Crippen LogP contribution in [0.5, 0.6) is 5.75 Å². The smallest absolute Gasteiger partial charge is 0.309 e. The predicted octanol–water partition coefficient (Wildman–Crippen LogP) is 10.00. The van der Waals surface area contributed by atoms with E-state index in [9.17, 15) is 4.79 Å². The predicted molar refractivity (Wildman–Crippen MR) is 172 cm³/mol. The number of anilines is 1. The third kappa shape index (κ3) is 14.0. The van der Waals surface area contributed by atoms with Gasteiger partial charge in [-0.3, -0.25) is 4.79 Å². The molecule has 1 fully saturated rings. The van der Waals surface area contributed by atoms with Crippen molar-refractivity contribution in [3.63, 3.8) is 0 Å². The molecule has 1 saturated carbocycles. The Kier molecular flexibility index (Phi) is 17.0. The maximum atomic E-state index is 11.6. The van der Waals surface area contributed by atoms with Crippen LogP contribution in [0.1, 0.15) is 110 Å². The van der Waals surface area contributed by atoms with E-state index in [0.717, 1.165) is 51.5 Å². The van der Waals surface area contributed by atoms with Crippen LogP contribution in [0.4, 0.5) is 11.4 Å². The van der Waals surface area contributed by atoms with Crippen LogP contribution in [0.15, 0.2) is 41.4 Å². The number of rotatable bonds is 8. The molecular weight excluding hydrogens is 496 g/mol. The number of esters is 1. The van der Waals surface area contributed by atoms with Crippen LogP contribution in [0.3, 0.4) is 0 Å². The minimum Gasteiger partial charge on any atom is -0.491 e. The fourth-order valence-corrected chi connectivity index (χ4v) is 4.96. The lowest BCUT2D eigenvalue weighted by molar-refractivity contribution is -0.139. The number of methoxy groups -OCH3 is 1. The van der Waals surface area contributed by atoms with Crippen molar-refractivity contribution in [2.75, 3.05) is 12.4 Å². The van der Waals surface area contributed by atoms with Gasteiger partial charge in [0.2, 0.25) is 0 Å². The molecule has 1 aliphatic rings. The molecule has 40 heavy (non-hydrogen) atoms. The number of nitrogens with one attached hydrogen (secondary N) is 1. The van der Waals surface area contributed by atoms with E-state index in [1.165, 1.54) is 52.1 Å². The molecule has 1 aliphatic carbocycles. The van der Waals surface area contributed by atoms with Crippen LogP contribution in [0.2, 0.25) is 0 Å². The first-order chi connectivity index (χ1) is 19.0. The standard InChI is InChI=1S/C22H28N2O3.C10H20.C3H8/c1-14(2)27-20-9-7-19(8-10-20)23-17(5)24-21-12-18(13-22(25)26-6)15(3)11-16(21)4;1-3-5-10-7-4-6-9(2)8-10;1-3-2/h7-12,14H,13H2,1-6H3,(H,23,24);9-10H,3-8H2,1-2H3;3H2,1-2H3. The summed E-state index contributed by atoms with van der Waals surface area (Å²) in [7, 11) is 1.40. The summed E-state index contributed by atoms with van der Waals surface area (Å²) in [6.07, 6.45) is 10.5. The van der Waals surface area contributed by atoms with E-state index in [1.54, 1.807) is 0 Å². The molecule has 0 heterocycles. The van der Waals surface area contributed by atoms with Crippen LogP contribution in [-0.4, -0.2) is 25.0 Å². The summed E-state index contributed by atoms with van der Waals surface area (Å²) >= 11 is 0.